The lowest BCUT2D eigenvalue weighted by Gasteiger charge is -2.08. The normalized spacial score (nSPS) is 13.8. The van der Waals surface area contributed by atoms with Gasteiger partial charge in [-0.15, -0.1) is 10.2 Å². The molecule has 1 amide bonds. The van der Waals surface area contributed by atoms with Gasteiger partial charge in [0.15, 0.2) is 5.82 Å². The van der Waals surface area contributed by atoms with Gasteiger partial charge in [0.25, 0.3) is 0 Å². The van der Waals surface area contributed by atoms with E-state index in [1.807, 2.05) is 36.4 Å². The van der Waals surface area contributed by atoms with E-state index in [1.165, 1.54) is 19.3 Å². The van der Waals surface area contributed by atoms with Gasteiger partial charge in [0.05, 0.1) is 6.26 Å². The smallest absolute Gasteiger partial charge is 0.224 e. The lowest BCUT2D eigenvalue weighted by Crippen LogP contribution is -2.12. The Morgan fingerprint density at radius 2 is 2.00 bits per heavy atom. The number of aryl methyl sites for hydroxylation is 2. The quantitative estimate of drug-likeness (QED) is 0.759. The molecule has 0 fully saturated rings. The van der Waals surface area contributed by atoms with E-state index in [0.29, 0.717) is 12.8 Å². The number of furan rings is 1. The highest BCUT2D eigenvalue weighted by atomic mass is 16.3. The molecular weight excluding hydrogens is 328 g/mol. The van der Waals surface area contributed by atoms with Crippen molar-refractivity contribution in [2.75, 3.05) is 5.32 Å². The molecule has 2 aromatic heterocycles. The molecule has 26 heavy (non-hydrogen) atoms. The minimum absolute atomic E-state index is 0.0227. The second kappa shape index (κ2) is 7.56. The maximum Gasteiger partial charge on any atom is 0.224 e. The Kier molecular flexibility index (Phi) is 4.82. The molecule has 0 radical (unpaired) electrons. The van der Waals surface area contributed by atoms with Crippen LogP contribution in [-0.2, 0) is 24.2 Å². The average molecular weight is 350 g/mol. The number of anilines is 1. The largest absolute Gasteiger partial charge is 0.469 e. The average Bonchev–Trinajstić information content (AvgIpc) is 3.26. The van der Waals surface area contributed by atoms with E-state index in [-0.39, 0.29) is 5.91 Å². The number of aromatic nitrogens is 3. The molecular formula is C20H22N4O2. The topological polar surface area (TPSA) is 73.0 Å². The summed E-state index contributed by atoms with van der Waals surface area (Å²) in [5.41, 5.74) is 1.81. The van der Waals surface area contributed by atoms with E-state index in [4.69, 9.17) is 4.42 Å². The van der Waals surface area contributed by atoms with Crippen molar-refractivity contribution in [3.05, 3.63) is 54.2 Å². The number of nitrogens with one attached hydrogen (secondary N) is 1. The van der Waals surface area contributed by atoms with Crippen LogP contribution in [0.2, 0.25) is 0 Å². The fourth-order valence-electron chi connectivity index (χ4n) is 3.32. The van der Waals surface area contributed by atoms with Gasteiger partial charge in [-0.2, -0.15) is 0 Å². The number of hydrogen-bond acceptors (Lipinski definition) is 4. The van der Waals surface area contributed by atoms with E-state index in [1.54, 1.807) is 6.26 Å². The first-order valence-corrected chi connectivity index (χ1v) is 9.14. The monoisotopic (exact) mass is 350 g/mol. The van der Waals surface area contributed by atoms with Crippen LogP contribution in [-0.4, -0.2) is 20.7 Å². The second-order valence-electron chi connectivity index (χ2n) is 6.61. The van der Waals surface area contributed by atoms with Crippen LogP contribution in [0.25, 0.3) is 11.4 Å². The summed E-state index contributed by atoms with van der Waals surface area (Å²) in [7, 11) is 0. The maximum absolute atomic E-state index is 12.1. The molecule has 3 heterocycles. The van der Waals surface area contributed by atoms with Gasteiger partial charge >= 0.3 is 0 Å². The molecule has 1 N–H and O–H groups in total. The molecule has 0 spiro atoms. The minimum Gasteiger partial charge on any atom is -0.469 e. The summed E-state index contributed by atoms with van der Waals surface area (Å²) in [6.07, 6.45) is 7.21. The molecule has 0 unspecified atom stereocenters. The zero-order valence-corrected chi connectivity index (χ0v) is 14.6. The van der Waals surface area contributed by atoms with Gasteiger partial charge in [-0.3, -0.25) is 4.79 Å². The molecule has 4 rings (SSSR count). The second-order valence-corrected chi connectivity index (χ2v) is 6.61. The summed E-state index contributed by atoms with van der Waals surface area (Å²) in [4.78, 5) is 12.1. The van der Waals surface area contributed by atoms with Gasteiger partial charge in [0, 0.05) is 37.1 Å². The maximum atomic E-state index is 12.1. The van der Waals surface area contributed by atoms with Crippen molar-refractivity contribution >= 4 is 11.6 Å². The Labute approximate surface area is 152 Å². The minimum atomic E-state index is -0.0227. The molecule has 0 aliphatic carbocycles. The number of carbonyl (C=O) groups is 1. The molecule has 6 heteroatoms. The van der Waals surface area contributed by atoms with Crippen LogP contribution in [0.1, 0.15) is 37.3 Å². The predicted molar refractivity (Wildman–Crippen MR) is 98.7 cm³/mol. The molecule has 3 aromatic rings. The lowest BCUT2D eigenvalue weighted by atomic mass is 10.2. The molecule has 0 atom stereocenters. The summed E-state index contributed by atoms with van der Waals surface area (Å²) in [5.74, 6) is 2.79. The van der Waals surface area contributed by atoms with E-state index in [0.717, 1.165) is 41.6 Å². The number of fused-ring (bicyclic) bond motifs is 1. The number of benzene rings is 1. The lowest BCUT2D eigenvalue weighted by molar-refractivity contribution is -0.116. The molecule has 1 aromatic carbocycles. The van der Waals surface area contributed by atoms with Crippen molar-refractivity contribution in [1.29, 1.82) is 0 Å². The third kappa shape index (κ3) is 3.69. The summed E-state index contributed by atoms with van der Waals surface area (Å²) in [6, 6.07) is 11.5. The Balaban J connectivity index is 1.41. The number of rotatable bonds is 5. The van der Waals surface area contributed by atoms with E-state index in [9.17, 15) is 4.79 Å². The van der Waals surface area contributed by atoms with Crippen LogP contribution in [0.15, 0.2) is 47.1 Å². The molecule has 1 aliphatic heterocycles. The molecule has 0 saturated carbocycles. The molecule has 6 nitrogen and oxygen atoms in total. The van der Waals surface area contributed by atoms with Crippen LogP contribution < -0.4 is 5.32 Å². The van der Waals surface area contributed by atoms with Crippen molar-refractivity contribution in [2.24, 2.45) is 0 Å². The van der Waals surface area contributed by atoms with Crippen LogP contribution in [0, 0.1) is 0 Å². The molecule has 0 bridgehead atoms. The fraction of sp³-hybridized carbons (Fsp3) is 0.350. The Morgan fingerprint density at radius 3 is 2.81 bits per heavy atom. The van der Waals surface area contributed by atoms with Crippen LogP contribution in [0.3, 0.4) is 0 Å². The van der Waals surface area contributed by atoms with Crippen LogP contribution >= 0.6 is 0 Å². The van der Waals surface area contributed by atoms with Crippen molar-refractivity contribution in [3.63, 3.8) is 0 Å². The third-order valence-electron chi connectivity index (χ3n) is 4.71. The number of hydrogen-bond donors (Lipinski definition) is 1. The van der Waals surface area contributed by atoms with Gasteiger partial charge in [-0.05, 0) is 49.2 Å². The van der Waals surface area contributed by atoms with Gasteiger partial charge < -0.3 is 14.3 Å². The van der Waals surface area contributed by atoms with E-state index >= 15 is 0 Å². The van der Waals surface area contributed by atoms with Crippen molar-refractivity contribution in [2.45, 2.75) is 45.1 Å². The standard InChI is InChI=1S/C20H22N4O2/c25-19(12-11-17-5-4-14-26-17)21-16-9-7-15(8-10-16)20-23-22-18-6-2-1-3-13-24(18)20/h4-5,7-10,14H,1-3,6,11-13H2,(H,21,25). The first kappa shape index (κ1) is 16.6. The van der Waals surface area contributed by atoms with Crippen LogP contribution in [0.4, 0.5) is 5.69 Å². The first-order chi connectivity index (χ1) is 12.8. The van der Waals surface area contributed by atoms with Gasteiger partial charge in [-0.1, -0.05) is 6.42 Å². The predicted octanol–water partition coefficient (Wildman–Crippen LogP) is 3.84. The van der Waals surface area contributed by atoms with Crippen molar-refractivity contribution < 1.29 is 9.21 Å². The van der Waals surface area contributed by atoms with Crippen molar-refractivity contribution in [3.8, 4) is 11.4 Å². The summed E-state index contributed by atoms with van der Waals surface area (Å²) >= 11 is 0. The summed E-state index contributed by atoms with van der Waals surface area (Å²) in [5, 5.41) is 11.6. The number of nitrogens with zero attached hydrogens (tertiary/aromatic N) is 3. The highest BCUT2D eigenvalue weighted by molar-refractivity contribution is 5.91. The van der Waals surface area contributed by atoms with Gasteiger partial charge in [0.2, 0.25) is 5.91 Å². The third-order valence-corrected chi connectivity index (χ3v) is 4.71. The number of carbonyl (C=O) groups excluding carboxylic acids is 1. The Bertz CT molecular complexity index is 866. The summed E-state index contributed by atoms with van der Waals surface area (Å²) in [6.45, 7) is 0.975. The highest BCUT2D eigenvalue weighted by Gasteiger charge is 2.16. The number of amides is 1. The highest BCUT2D eigenvalue weighted by Crippen LogP contribution is 2.24. The fourth-order valence-corrected chi connectivity index (χ4v) is 3.32. The van der Waals surface area contributed by atoms with E-state index in [2.05, 4.69) is 20.1 Å². The first-order valence-electron chi connectivity index (χ1n) is 9.14. The SMILES string of the molecule is O=C(CCc1ccco1)Nc1ccc(-c2nnc3n2CCCCC3)cc1. The molecule has 134 valence electrons. The Morgan fingerprint density at radius 1 is 1.12 bits per heavy atom. The zero-order valence-electron chi connectivity index (χ0n) is 14.6. The summed E-state index contributed by atoms with van der Waals surface area (Å²) < 4.78 is 7.48. The zero-order chi connectivity index (χ0) is 17.8. The molecule has 0 saturated heterocycles. The van der Waals surface area contributed by atoms with Crippen molar-refractivity contribution in [1.82, 2.24) is 14.8 Å². The molecule has 1 aliphatic rings. The van der Waals surface area contributed by atoms with Crippen LogP contribution in [0.5, 0.6) is 0 Å². The van der Waals surface area contributed by atoms with Gasteiger partial charge in [-0.25, -0.2) is 0 Å². The Hall–Kier alpha value is -2.89. The van der Waals surface area contributed by atoms with Gasteiger partial charge in [0.1, 0.15) is 11.6 Å². The van der Waals surface area contributed by atoms with E-state index < -0.39 is 0 Å².